The molecule has 1 aromatic rings. The lowest BCUT2D eigenvalue weighted by molar-refractivity contribution is -0.148. The van der Waals surface area contributed by atoms with Crippen LogP contribution in [0.2, 0.25) is 0 Å². The van der Waals surface area contributed by atoms with Gasteiger partial charge in [0.05, 0.1) is 6.10 Å². The van der Waals surface area contributed by atoms with Gasteiger partial charge in [0, 0.05) is 16.7 Å². The fourth-order valence-corrected chi connectivity index (χ4v) is 2.76. The summed E-state index contributed by atoms with van der Waals surface area (Å²) < 4.78 is 31.3. The molecular formula is C12H12F2O3S. The van der Waals surface area contributed by atoms with Crippen LogP contribution < -0.4 is 0 Å². The standard InChI is InChI=1S/C12H12F2O3S/c13-7-1-4-11(9(14)5-7)18-6-8-2-3-10(17-8)12(15)16/h1,4-5,8,10H,2-3,6H2,(H,15,16). The predicted octanol–water partition coefficient (Wildman–Crippen LogP) is 2.69. The summed E-state index contributed by atoms with van der Waals surface area (Å²) in [6, 6.07) is 3.40. The van der Waals surface area contributed by atoms with Gasteiger partial charge in [-0.3, -0.25) is 0 Å². The molecule has 6 heteroatoms. The van der Waals surface area contributed by atoms with Crippen LogP contribution in [-0.2, 0) is 9.53 Å². The molecule has 0 bridgehead atoms. The minimum Gasteiger partial charge on any atom is -0.479 e. The van der Waals surface area contributed by atoms with Gasteiger partial charge in [-0.15, -0.1) is 11.8 Å². The average Bonchev–Trinajstić information content (AvgIpc) is 2.76. The fraction of sp³-hybridized carbons (Fsp3) is 0.417. The lowest BCUT2D eigenvalue weighted by Gasteiger charge is -2.11. The maximum Gasteiger partial charge on any atom is 0.332 e. The molecule has 1 aromatic carbocycles. The van der Waals surface area contributed by atoms with Crippen molar-refractivity contribution in [2.45, 2.75) is 29.9 Å². The molecule has 0 saturated carbocycles. The Labute approximate surface area is 107 Å². The second-order valence-electron chi connectivity index (χ2n) is 4.05. The highest BCUT2D eigenvalue weighted by molar-refractivity contribution is 7.99. The number of halogens is 2. The van der Waals surface area contributed by atoms with Crippen LogP contribution in [0.1, 0.15) is 12.8 Å². The number of carbonyl (C=O) groups is 1. The van der Waals surface area contributed by atoms with Crippen molar-refractivity contribution in [2.75, 3.05) is 5.75 Å². The van der Waals surface area contributed by atoms with E-state index < -0.39 is 23.7 Å². The Bertz CT molecular complexity index is 453. The van der Waals surface area contributed by atoms with Gasteiger partial charge in [0.15, 0.2) is 6.10 Å². The van der Waals surface area contributed by atoms with E-state index in [2.05, 4.69) is 0 Å². The second-order valence-corrected chi connectivity index (χ2v) is 5.11. The molecule has 18 heavy (non-hydrogen) atoms. The smallest absolute Gasteiger partial charge is 0.332 e. The Hall–Kier alpha value is -1.14. The maximum absolute atomic E-state index is 13.3. The summed E-state index contributed by atoms with van der Waals surface area (Å²) in [5.74, 6) is -1.71. The van der Waals surface area contributed by atoms with E-state index >= 15 is 0 Å². The van der Waals surface area contributed by atoms with Gasteiger partial charge in [0.25, 0.3) is 0 Å². The molecule has 1 aliphatic rings. The molecule has 98 valence electrons. The minimum atomic E-state index is -0.963. The topological polar surface area (TPSA) is 46.5 Å². The first kappa shape index (κ1) is 13.3. The molecule has 1 N–H and O–H groups in total. The van der Waals surface area contributed by atoms with E-state index in [1.165, 1.54) is 23.9 Å². The van der Waals surface area contributed by atoms with Crippen LogP contribution in [0.4, 0.5) is 8.78 Å². The number of thioether (sulfide) groups is 1. The van der Waals surface area contributed by atoms with Crippen molar-refractivity contribution in [1.82, 2.24) is 0 Å². The van der Waals surface area contributed by atoms with Crippen molar-refractivity contribution in [2.24, 2.45) is 0 Å². The highest BCUT2D eigenvalue weighted by atomic mass is 32.2. The van der Waals surface area contributed by atoms with Gasteiger partial charge in [-0.2, -0.15) is 0 Å². The lowest BCUT2D eigenvalue weighted by Crippen LogP contribution is -2.21. The van der Waals surface area contributed by atoms with E-state index in [1.807, 2.05) is 0 Å². The molecule has 3 nitrogen and oxygen atoms in total. The Morgan fingerprint density at radius 1 is 1.44 bits per heavy atom. The van der Waals surface area contributed by atoms with Crippen molar-refractivity contribution in [3.05, 3.63) is 29.8 Å². The highest BCUT2D eigenvalue weighted by Crippen LogP contribution is 2.28. The lowest BCUT2D eigenvalue weighted by atomic mass is 10.2. The van der Waals surface area contributed by atoms with Gasteiger partial charge >= 0.3 is 5.97 Å². The molecule has 1 fully saturated rings. The molecule has 1 aliphatic heterocycles. The predicted molar refractivity (Wildman–Crippen MR) is 62.6 cm³/mol. The number of hydrogen-bond donors (Lipinski definition) is 1. The number of aliphatic carboxylic acids is 1. The Morgan fingerprint density at radius 2 is 2.22 bits per heavy atom. The third kappa shape index (κ3) is 3.20. The molecular weight excluding hydrogens is 262 g/mol. The van der Waals surface area contributed by atoms with Crippen LogP contribution in [0.3, 0.4) is 0 Å². The molecule has 0 aliphatic carbocycles. The molecule has 2 unspecified atom stereocenters. The first-order valence-corrected chi connectivity index (χ1v) is 6.51. The second kappa shape index (κ2) is 5.67. The number of hydrogen-bond acceptors (Lipinski definition) is 3. The SMILES string of the molecule is O=C(O)C1CCC(CSc2ccc(F)cc2F)O1. The van der Waals surface area contributed by atoms with Crippen LogP contribution >= 0.6 is 11.8 Å². The summed E-state index contributed by atoms with van der Waals surface area (Å²) >= 11 is 1.21. The minimum absolute atomic E-state index is 0.194. The van der Waals surface area contributed by atoms with Crippen molar-refractivity contribution in [1.29, 1.82) is 0 Å². The third-order valence-corrected chi connectivity index (χ3v) is 3.88. The average molecular weight is 274 g/mol. The zero-order valence-corrected chi connectivity index (χ0v) is 10.3. The third-order valence-electron chi connectivity index (χ3n) is 2.70. The van der Waals surface area contributed by atoms with Crippen molar-refractivity contribution >= 4 is 17.7 Å². The van der Waals surface area contributed by atoms with Gasteiger partial charge < -0.3 is 9.84 Å². The van der Waals surface area contributed by atoms with Crippen LogP contribution in [0.25, 0.3) is 0 Å². The molecule has 0 radical (unpaired) electrons. The quantitative estimate of drug-likeness (QED) is 0.857. The molecule has 2 rings (SSSR count). The first-order chi connectivity index (χ1) is 8.56. The Morgan fingerprint density at radius 3 is 2.83 bits per heavy atom. The van der Waals surface area contributed by atoms with Crippen molar-refractivity contribution in [3.63, 3.8) is 0 Å². The summed E-state index contributed by atoms with van der Waals surface area (Å²) in [4.78, 5) is 11.0. The Kier molecular flexibility index (Phi) is 4.19. The number of benzene rings is 1. The van der Waals surface area contributed by atoms with Gasteiger partial charge in [-0.25, -0.2) is 13.6 Å². The Balaban J connectivity index is 1.87. The van der Waals surface area contributed by atoms with E-state index in [0.29, 0.717) is 23.5 Å². The van der Waals surface area contributed by atoms with E-state index in [0.717, 1.165) is 6.07 Å². The molecule has 0 aromatic heterocycles. The van der Waals surface area contributed by atoms with E-state index in [-0.39, 0.29) is 6.10 Å². The molecule has 0 spiro atoms. The van der Waals surface area contributed by atoms with Crippen LogP contribution in [0.5, 0.6) is 0 Å². The zero-order valence-electron chi connectivity index (χ0n) is 9.44. The number of carboxylic acid groups (broad SMARTS) is 1. The molecule has 0 amide bonds. The summed E-state index contributed by atoms with van der Waals surface area (Å²) in [5, 5.41) is 8.76. The maximum atomic E-state index is 13.3. The normalized spacial score (nSPS) is 23.2. The van der Waals surface area contributed by atoms with Crippen molar-refractivity contribution in [3.8, 4) is 0 Å². The van der Waals surface area contributed by atoms with Gasteiger partial charge in [0.2, 0.25) is 0 Å². The van der Waals surface area contributed by atoms with E-state index in [1.54, 1.807) is 0 Å². The number of ether oxygens (including phenoxy) is 1. The molecule has 1 heterocycles. The first-order valence-electron chi connectivity index (χ1n) is 5.52. The highest BCUT2D eigenvalue weighted by Gasteiger charge is 2.30. The molecule has 1 saturated heterocycles. The summed E-state index contributed by atoms with van der Waals surface area (Å²) in [6.45, 7) is 0. The summed E-state index contributed by atoms with van der Waals surface area (Å²) in [7, 11) is 0. The number of carboxylic acids is 1. The van der Waals surface area contributed by atoms with Gasteiger partial charge in [0.1, 0.15) is 11.6 Å². The van der Waals surface area contributed by atoms with Crippen LogP contribution in [0, 0.1) is 11.6 Å². The number of rotatable bonds is 4. The summed E-state index contributed by atoms with van der Waals surface area (Å²) in [6.07, 6.45) is 0.174. The van der Waals surface area contributed by atoms with Crippen molar-refractivity contribution < 1.29 is 23.4 Å². The summed E-state index contributed by atoms with van der Waals surface area (Å²) in [5.41, 5.74) is 0. The zero-order chi connectivity index (χ0) is 13.1. The molecule has 2 atom stereocenters. The van der Waals surface area contributed by atoms with E-state index in [4.69, 9.17) is 9.84 Å². The van der Waals surface area contributed by atoms with Crippen LogP contribution in [0.15, 0.2) is 23.1 Å². The van der Waals surface area contributed by atoms with E-state index in [9.17, 15) is 13.6 Å². The van der Waals surface area contributed by atoms with Gasteiger partial charge in [-0.05, 0) is 25.0 Å². The van der Waals surface area contributed by atoms with Gasteiger partial charge in [-0.1, -0.05) is 0 Å². The largest absolute Gasteiger partial charge is 0.479 e. The van der Waals surface area contributed by atoms with Crippen LogP contribution in [-0.4, -0.2) is 29.0 Å². The fourth-order valence-electron chi connectivity index (χ4n) is 1.78. The monoisotopic (exact) mass is 274 g/mol.